The van der Waals surface area contributed by atoms with Crippen molar-refractivity contribution in [3.05, 3.63) is 71.1 Å². The molecule has 0 aliphatic carbocycles. The zero-order valence-corrected chi connectivity index (χ0v) is 15.3. The van der Waals surface area contributed by atoms with Crippen molar-refractivity contribution in [1.82, 2.24) is 10.2 Å². The zero-order chi connectivity index (χ0) is 18.4. The summed E-state index contributed by atoms with van der Waals surface area (Å²) in [7, 11) is 1.36. The van der Waals surface area contributed by atoms with Crippen LogP contribution in [-0.4, -0.2) is 23.3 Å². The third-order valence-electron chi connectivity index (χ3n) is 3.54. The normalized spacial score (nSPS) is 10.5. The lowest BCUT2D eigenvalue weighted by Crippen LogP contribution is -2.01. The van der Waals surface area contributed by atoms with Gasteiger partial charge in [0.2, 0.25) is 0 Å². The van der Waals surface area contributed by atoms with E-state index < -0.39 is 0 Å². The van der Waals surface area contributed by atoms with Gasteiger partial charge in [0, 0.05) is 5.75 Å². The standard InChI is InChI=1S/C19H18N2O4S/c1-13-6-8-16(9-7-13)24-11-17-20-21-19(25-17)26-12-14-4-3-5-15(10-14)18(22)23-2/h3-10H,11-12H2,1-2H3. The molecule has 0 saturated carbocycles. The first-order chi connectivity index (χ1) is 12.6. The van der Waals surface area contributed by atoms with E-state index in [0.717, 1.165) is 11.3 Å². The fraction of sp³-hybridized carbons (Fsp3) is 0.211. The Morgan fingerprint density at radius 1 is 1.15 bits per heavy atom. The number of carbonyl (C=O) groups is 1. The van der Waals surface area contributed by atoms with Crippen molar-refractivity contribution in [2.75, 3.05) is 7.11 Å². The van der Waals surface area contributed by atoms with E-state index in [9.17, 15) is 4.79 Å². The number of benzene rings is 2. The van der Waals surface area contributed by atoms with Crippen LogP contribution in [0.1, 0.15) is 27.4 Å². The van der Waals surface area contributed by atoms with Crippen molar-refractivity contribution in [2.24, 2.45) is 0 Å². The van der Waals surface area contributed by atoms with Crippen molar-refractivity contribution in [3.8, 4) is 5.75 Å². The molecule has 0 aliphatic rings. The van der Waals surface area contributed by atoms with Gasteiger partial charge in [0.25, 0.3) is 11.1 Å². The molecule has 0 fully saturated rings. The highest BCUT2D eigenvalue weighted by Crippen LogP contribution is 2.22. The third-order valence-corrected chi connectivity index (χ3v) is 4.43. The van der Waals surface area contributed by atoms with Gasteiger partial charge in [-0.05, 0) is 36.8 Å². The van der Waals surface area contributed by atoms with E-state index in [0.29, 0.717) is 22.4 Å². The molecule has 1 aromatic heterocycles. The van der Waals surface area contributed by atoms with Crippen LogP contribution in [0.5, 0.6) is 5.75 Å². The highest BCUT2D eigenvalue weighted by Gasteiger charge is 2.10. The number of thioether (sulfide) groups is 1. The molecule has 0 N–H and O–H groups in total. The number of aromatic nitrogens is 2. The average molecular weight is 370 g/mol. The third kappa shape index (κ3) is 4.86. The summed E-state index contributed by atoms with van der Waals surface area (Å²) in [5.41, 5.74) is 2.65. The quantitative estimate of drug-likeness (QED) is 0.459. The Bertz CT molecular complexity index is 877. The van der Waals surface area contributed by atoms with Gasteiger partial charge in [-0.15, -0.1) is 10.2 Å². The molecule has 7 heteroatoms. The molecule has 0 aliphatic heterocycles. The SMILES string of the molecule is COC(=O)c1cccc(CSc2nnc(COc3ccc(C)cc3)o2)c1. The molecule has 6 nitrogen and oxygen atoms in total. The topological polar surface area (TPSA) is 74.5 Å². The molecule has 26 heavy (non-hydrogen) atoms. The van der Waals surface area contributed by atoms with Crippen molar-refractivity contribution in [1.29, 1.82) is 0 Å². The summed E-state index contributed by atoms with van der Waals surface area (Å²) in [5, 5.41) is 8.44. The van der Waals surface area contributed by atoms with Gasteiger partial charge in [-0.3, -0.25) is 0 Å². The highest BCUT2D eigenvalue weighted by atomic mass is 32.2. The molecule has 134 valence electrons. The molecule has 0 radical (unpaired) electrons. The summed E-state index contributed by atoms with van der Waals surface area (Å²) in [5.74, 6) is 1.41. The fourth-order valence-corrected chi connectivity index (χ4v) is 2.91. The van der Waals surface area contributed by atoms with Crippen molar-refractivity contribution >= 4 is 17.7 Å². The van der Waals surface area contributed by atoms with Gasteiger partial charge in [-0.2, -0.15) is 0 Å². The number of nitrogens with zero attached hydrogens (tertiary/aromatic N) is 2. The zero-order valence-electron chi connectivity index (χ0n) is 14.5. The van der Waals surface area contributed by atoms with Crippen LogP contribution in [0.25, 0.3) is 0 Å². The first kappa shape index (κ1) is 18.0. The number of methoxy groups -OCH3 is 1. The van der Waals surface area contributed by atoms with E-state index in [1.165, 1.54) is 24.4 Å². The van der Waals surface area contributed by atoms with Gasteiger partial charge in [0.05, 0.1) is 12.7 Å². The number of aryl methyl sites for hydroxylation is 1. The Hall–Kier alpha value is -2.80. The summed E-state index contributed by atoms with van der Waals surface area (Å²) in [6.07, 6.45) is 0. The van der Waals surface area contributed by atoms with Gasteiger partial charge >= 0.3 is 5.97 Å². The number of hydrogen-bond acceptors (Lipinski definition) is 7. The van der Waals surface area contributed by atoms with Crippen molar-refractivity contribution < 1.29 is 18.7 Å². The van der Waals surface area contributed by atoms with Crippen LogP contribution in [-0.2, 0) is 17.1 Å². The predicted molar refractivity (Wildman–Crippen MR) is 97.2 cm³/mol. The summed E-state index contributed by atoms with van der Waals surface area (Å²) < 4.78 is 15.9. The Labute approximate surface area is 155 Å². The Morgan fingerprint density at radius 2 is 1.96 bits per heavy atom. The molecule has 0 unspecified atom stereocenters. The molecular formula is C19H18N2O4S. The predicted octanol–water partition coefficient (Wildman–Crippen LogP) is 4.04. The van der Waals surface area contributed by atoms with Crippen LogP contribution in [0.2, 0.25) is 0 Å². The molecule has 3 rings (SSSR count). The van der Waals surface area contributed by atoms with Gasteiger partial charge < -0.3 is 13.9 Å². The van der Waals surface area contributed by atoms with E-state index in [-0.39, 0.29) is 12.6 Å². The molecular weight excluding hydrogens is 352 g/mol. The minimum atomic E-state index is -0.356. The van der Waals surface area contributed by atoms with E-state index >= 15 is 0 Å². The number of esters is 1. The Kier molecular flexibility index (Phi) is 5.91. The molecule has 2 aromatic carbocycles. The van der Waals surface area contributed by atoms with Crippen LogP contribution < -0.4 is 4.74 Å². The van der Waals surface area contributed by atoms with Gasteiger partial charge in [-0.25, -0.2) is 4.79 Å². The number of hydrogen-bond donors (Lipinski definition) is 0. The summed E-state index contributed by atoms with van der Waals surface area (Å²) in [6.45, 7) is 2.24. The first-order valence-corrected chi connectivity index (χ1v) is 8.94. The summed E-state index contributed by atoms with van der Waals surface area (Å²) >= 11 is 1.40. The minimum absolute atomic E-state index is 0.217. The number of ether oxygens (including phenoxy) is 2. The molecule has 0 bridgehead atoms. The van der Waals surface area contributed by atoms with Crippen molar-refractivity contribution in [3.63, 3.8) is 0 Å². The highest BCUT2D eigenvalue weighted by molar-refractivity contribution is 7.98. The van der Waals surface area contributed by atoms with Gasteiger partial charge in [-0.1, -0.05) is 41.6 Å². The van der Waals surface area contributed by atoms with Gasteiger partial charge in [0.15, 0.2) is 6.61 Å². The molecule has 1 heterocycles. The van der Waals surface area contributed by atoms with Crippen LogP contribution in [0.4, 0.5) is 0 Å². The summed E-state index contributed by atoms with van der Waals surface area (Å²) in [6, 6.07) is 15.0. The lowest BCUT2D eigenvalue weighted by molar-refractivity contribution is 0.0600. The molecule has 0 spiro atoms. The second-order valence-corrected chi connectivity index (χ2v) is 6.47. The van der Waals surface area contributed by atoms with Crippen molar-refractivity contribution in [2.45, 2.75) is 24.5 Å². The lowest BCUT2D eigenvalue weighted by Gasteiger charge is -2.03. The smallest absolute Gasteiger partial charge is 0.337 e. The Balaban J connectivity index is 1.53. The average Bonchev–Trinajstić information content (AvgIpc) is 3.13. The maximum absolute atomic E-state index is 11.6. The fourth-order valence-electron chi connectivity index (χ4n) is 2.19. The van der Waals surface area contributed by atoms with Crippen LogP contribution in [0.15, 0.2) is 58.2 Å². The minimum Gasteiger partial charge on any atom is -0.484 e. The maximum Gasteiger partial charge on any atom is 0.337 e. The van der Waals surface area contributed by atoms with Crippen LogP contribution in [0, 0.1) is 6.92 Å². The molecule has 0 saturated heterocycles. The summed E-state index contributed by atoms with van der Waals surface area (Å²) in [4.78, 5) is 11.6. The van der Waals surface area contributed by atoms with Crippen LogP contribution in [0.3, 0.4) is 0 Å². The monoisotopic (exact) mass is 370 g/mol. The molecule has 3 aromatic rings. The van der Waals surface area contributed by atoms with E-state index in [4.69, 9.17) is 13.9 Å². The Morgan fingerprint density at radius 3 is 2.73 bits per heavy atom. The molecule has 0 atom stereocenters. The van der Waals surface area contributed by atoms with E-state index in [1.807, 2.05) is 43.3 Å². The van der Waals surface area contributed by atoms with Gasteiger partial charge in [0.1, 0.15) is 5.75 Å². The van der Waals surface area contributed by atoms with E-state index in [1.54, 1.807) is 12.1 Å². The number of rotatable bonds is 7. The second-order valence-electron chi connectivity index (χ2n) is 5.54. The van der Waals surface area contributed by atoms with Crippen LogP contribution >= 0.6 is 11.8 Å². The lowest BCUT2D eigenvalue weighted by atomic mass is 10.1. The first-order valence-electron chi connectivity index (χ1n) is 7.96. The second kappa shape index (κ2) is 8.53. The van der Waals surface area contributed by atoms with E-state index in [2.05, 4.69) is 10.2 Å². The maximum atomic E-state index is 11.6. The number of carbonyl (C=O) groups excluding carboxylic acids is 1. The molecule has 0 amide bonds. The largest absolute Gasteiger partial charge is 0.484 e.